The molecule has 1 aliphatic heterocycles. The molecular weight excluding hydrogens is 384 g/mol. The third kappa shape index (κ3) is 3.80. The van der Waals surface area contributed by atoms with E-state index in [4.69, 9.17) is 26.8 Å². The van der Waals surface area contributed by atoms with Crippen molar-refractivity contribution in [2.24, 2.45) is 7.05 Å². The van der Waals surface area contributed by atoms with Crippen molar-refractivity contribution in [3.05, 3.63) is 58.9 Å². The molecule has 0 spiro atoms. The zero-order valence-electron chi connectivity index (χ0n) is 17.0. The molecule has 0 N–H and O–H groups in total. The van der Waals surface area contributed by atoms with E-state index in [-0.39, 0.29) is 6.04 Å². The van der Waals surface area contributed by atoms with Gasteiger partial charge in [0.25, 0.3) is 0 Å². The monoisotopic (exact) mass is 410 g/mol. The SMILES string of the molecule is COc1ccc([C@@H]2CCCN2Cn2nc(-c3ccccc3)n(C)c2=S)c(OC)c1. The number of hydrogen-bond acceptors (Lipinski definition) is 5. The zero-order valence-corrected chi connectivity index (χ0v) is 17.9. The summed E-state index contributed by atoms with van der Waals surface area (Å²) in [6, 6.07) is 16.5. The summed E-state index contributed by atoms with van der Waals surface area (Å²) >= 11 is 5.68. The van der Waals surface area contributed by atoms with Crippen LogP contribution in [0.15, 0.2) is 48.5 Å². The van der Waals surface area contributed by atoms with Gasteiger partial charge >= 0.3 is 0 Å². The van der Waals surface area contributed by atoms with Crippen molar-refractivity contribution in [2.45, 2.75) is 25.6 Å². The van der Waals surface area contributed by atoms with E-state index in [2.05, 4.69) is 23.1 Å². The molecule has 0 saturated carbocycles. The van der Waals surface area contributed by atoms with Gasteiger partial charge in [0.2, 0.25) is 0 Å². The van der Waals surface area contributed by atoms with Gasteiger partial charge in [-0.25, -0.2) is 4.68 Å². The maximum atomic E-state index is 5.68. The maximum Gasteiger partial charge on any atom is 0.199 e. The van der Waals surface area contributed by atoms with Crippen LogP contribution < -0.4 is 9.47 Å². The molecule has 0 aliphatic carbocycles. The molecule has 1 atom stereocenters. The van der Waals surface area contributed by atoms with E-state index in [1.165, 1.54) is 5.56 Å². The zero-order chi connectivity index (χ0) is 20.4. The average molecular weight is 411 g/mol. The molecule has 0 radical (unpaired) electrons. The van der Waals surface area contributed by atoms with Gasteiger partial charge in [-0.2, -0.15) is 5.10 Å². The van der Waals surface area contributed by atoms with E-state index in [0.29, 0.717) is 6.67 Å². The lowest BCUT2D eigenvalue weighted by Crippen LogP contribution is -2.27. The summed E-state index contributed by atoms with van der Waals surface area (Å²) in [6.45, 7) is 1.65. The van der Waals surface area contributed by atoms with Gasteiger partial charge < -0.3 is 14.0 Å². The van der Waals surface area contributed by atoms with Gasteiger partial charge in [-0.05, 0) is 31.1 Å². The predicted molar refractivity (Wildman–Crippen MR) is 116 cm³/mol. The van der Waals surface area contributed by atoms with Crippen molar-refractivity contribution in [2.75, 3.05) is 20.8 Å². The molecule has 1 aromatic heterocycles. The van der Waals surface area contributed by atoms with Gasteiger partial charge in [0.15, 0.2) is 10.6 Å². The van der Waals surface area contributed by atoms with Crippen LogP contribution >= 0.6 is 12.2 Å². The summed E-state index contributed by atoms with van der Waals surface area (Å²) in [6.07, 6.45) is 2.21. The Balaban J connectivity index is 1.63. The number of methoxy groups -OCH3 is 2. The van der Waals surface area contributed by atoms with Crippen molar-refractivity contribution < 1.29 is 9.47 Å². The number of benzene rings is 2. The fourth-order valence-electron chi connectivity index (χ4n) is 4.03. The fraction of sp³-hybridized carbons (Fsp3) is 0.364. The highest BCUT2D eigenvalue weighted by Gasteiger charge is 2.29. The molecule has 29 heavy (non-hydrogen) atoms. The van der Waals surface area contributed by atoms with E-state index >= 15 is 0 Å². The Labute approximate surface area is 176 Å². The predicted octanol–water partition coefficient (Wildman–Crippen LogP) is 4.43. The molecule has 1 saturated heterocycles. The molecule has 152 valence electrons. The summed E-state index contributed by atoms with van der Waals surface area (Å²) in [7, 11) is 5.35. The van der Waals surface area contributed by atoms with Crippen LogP contribution in [0.1, 0.15) is 24.4 Å². The lowest BCUT2D eigenvalue weighted by Gasteiger charge is -2.26. The molecule has 4 rings (SSSR count). The maximum absolute atomic E-state index is 5.68. The Morgan fingerprint density at radius 2 is 1.90 bits per heavy atom. The van der Waals surface area contributed by atoms with Crippen LogP contribution in [0, 0.1) is 4.77 Å². The normalized spacial score (nSPS) is 16.9. The molecule has 3 aromatic rings. The lowest BCUT2D eigenvalue weighted by molar-refractivity contribution is 0.187. The Morgan fingerprint density at radius 3 is 2.62 bits per heavy atom. The van der Waals surface area contributed by atoms with Crippen molar-refractivity contribution in [1.82, 2.24) is 19.2 Å². The van der Waals surface area contributed by atoms with Gasteiger partial charge in [0, 0.05) is 36.8 Å². The van der Waals surface area contributed by atoms with E-state index in [1.54, 1.807) is 14.2 Å². The largest absolute Gasteiger partial charge is 0.497 e. The van der Waals surface area contributed by atoms with Crippen molar-refractivity contribution in [3.8, 4) is 22.9 Å². The Bertz CT molecular complexity index is 1040. The molecule has 2 heterocycles. The smallest absolute Gasteiger partial charge is 0.199 e. The summed E-state index contributed by atoms with van der Waals surface area (Å²) in [5, 5.41) is 4.82. The molecule has 1 fully saturated rings. The van der Waals surface area contributed by atoms with Gasteiger partial charge in [-0.15, -0.1) is 0 Å². The molecule has 2 aromatic carbocycles. The van der Waals surface area contributed by atoms with E-state index in [9.17, 15) is 0 Å². The minimum Gasteiger partial charge on any atom is -0.497 e. The number of likely N-dealkylation sites (tertiary alicyclic amines) is 1. The van der Waals surface area contributed by atoms with Crippen molar-refractivity contribution in [1.29, 1.82) is 0 Å². The van der Waals surface area contributed by atoms with E-state index in [0.717, 1.165) is 47.0 Å². The van der Waals surface area contributed by atoms with Crippen molar-refractivity contribution >= 4 is 12.2 Å². The highest BCUT2D eigenvalue weighted by molar-refractivity contribution is 7.71. The Kier molecular flexibility index (Phi) is 5.69. The number of nitrogens with zero attached hydrogens (tertiary/aromatic N) is 4. The first-order valence-corrected chi connectivity index (χ1v) is 10.2. The van der Waals surface area contributed by atoms with E-state index < -0.39 is 0 Å². The lowest BCUT2D eigenvalue weighted by atomic mass is 10.0. The summed E-state index contributed by atoms with van der Waals surface area (Å²) < 4.78 is 15.6. The molecule has 0 unspecified atom stereocenters. The molecule has 1 aliphatic rings. The van der Waals surface area contributed by atoms with E-state index in [1.807, 2.05) is 46.6 Å². The van der Waals surface area contributed by atoms with Crippen LogP contribution in [0.2, 0.25) is 0 Å². The Hall–Kier alpha value is -2.64. The molecular formula is C22H26N4O2S. The Morgan fingerprint density at radius 1 is 1.10 bits per heavy atom. The highest BCUT2D eigenvalue weighted by atomic mass is 32.1. The molecule has 7 heteroatoms. The quantitative estimate of drug-likeness (QED) is 0.563. The fourth-order valence-corrected chi connectivity index (χ4v) is 4.22. The topological polar surface area (TPSA) is 44.5 Å². The second kappa shape index (κ2) is 8.39. The first-order valence-electron chi connectivity index (χ1n) is 9.77. The number of ether oxygens (including phenoxy) is 2. The van der Waals surface area contributed by atoms with Crippen LogP contribution in [0.5, 0.6) is 11.5 Å². The third-order valence-corrected chi connectivity index (χ3v) is 6.04. The van der Waals surface area contributed by atoms with Crippen molar-refractivity contribution in [3.63, 3.8) is 0 Å². The third-order valence-electron chi connectivity index (χ3n) is 5.55. The van der Waals surface area contributed by atoms with Gasteiger partial charge in [-0.1, -0.05) is 36.4 Å². The van der Waals surface area contributed by atoms with Crippen LogP contribution in [-0.2, 0) is 13.7 Å². The van der Waals surface area contributed by atoms with Crippen LogP contribution in [-0.4, -0.2) is 40.0 Å². The minimum absolute atomic E-state index is 0.264. The molecule has 6 nitrogen and oxygen atoms in total. The standard InChI is InChI=1S/C22H26N4O2S/c1-24-21(16-8-5-4-6-9-16)23-26(22(24)29)15-25-13-7-10-19(25)18-12-11-17(27-2)14-20(18)28-3/h4-6,8-9,11-12,14,19H,7,10,13,15H2,1-3H3/t19-/m0/s1. The molecule has 0 bridgehead atoms. The molecule has 0 amide bonds. The average Bonchev–Trinajstić information content (AvgIpc) is 3.34. The summed E-state index contributed by atoms with van der Waals surface area (Å²) in [5.74, 6) is 2.54. The first-order chi connectivity index (χ1) is 14.1. The number of rotatable bonds is 6. The van der Waals surface area contributed by atoms with Crippen LogP contribution in [0.25, 0.3) is 11.4 Å². The van der Waals surface area contributed by atoms with Gasteiger partial charge in [0.1, 0.15) is 11.5 Å². The second-order valence-corrected chi connectivity index (χ2v) is 7.62. The highest BCUT2D eigenvalue weighted by Crippen LogP contribution is 2.39. The summed E-state index contributed by atoms with van der Waals surface area (Å²) in [5.41, 5.74) is 2.24. The van der Waals surface area contributed by atoms with Crippen LogP contribution in [0.3, 0.4) is 0 Å². The minimum atomic E-state index is 0.264. The van der Waals surface area contributed by atoms with Crippen LogP contribution in [0.4, 0.5) is 0 Å². The second-order valence-electron chi connectivity index (χ2n) is 7.25. The van der Waals surface area contributed by atoms with Gasteiger partial charge in [0.05, 0.1) is 20.9 Å². The first kappa shape index (κ1) is 19.7. The van der Waals surface area contributed by atoms with Gasteiger partial charge in [-0.3, -0.25) is 4.90 Å². The number of hydrogen-bond donors (Lipinski definition) is 0. The number of aromatic nitrogens is 3. The summed E-state index contributed by atoms with van der Waals surface area (Å²) in [4.78, 5) is 2.42.